The SMILES string of the molecule is CC/C=C(/C)C(=O)NCc1ccc(N(C)C)cc1. The summed E-state index contributed by atoms with van der Waals surface area (Å²) in [6, 6.07) is 8.18. The summed E-state index contributed by atoms with van der Waals surface area (Å²) in [5, 5.41) is 2.91. The number of rotatable bonds is 5. The number of amides is 1. The fourth-order valence-electron chi connectivity index (χ4n) is 1.63. The van der Waals surface area contributed by atoms with Gasteiger partial charge < -0.3 is 10.2 Å². The van der Waals surface area contributed by atoms with E-state index in [1.54, 1.807) is 0 Å². The molecule has 1 aromatic rings. The molecule has 0 radical (unpaired) electrons. The normalized spacial score (nSPS) is 11.2. The van der Waals surface area contributed by atoms with Crippen molar-refractivity contribution in [2.45, 2.75) is 26.8 Å². The lowest BCUT2D eigenvalue weighted by Crippen LogP contribution is -2.23. The maximum absolute atomic E-state index is 11.7. The molecule has 0 saturated heterocycles. The quantitative estimate of drug-likeness (QED) is 0.810. The Hall–Kier alpha value is -1.77. The molecule has 0 bridgehead atoms. The lowest BCUT2D eigenvalue weighted by molar-refractivity contribution is -0.117. The van der Waals surface area contributed by atoms with Gasteiger partial charge in [0.1, 0.15) is 0 Å². The summed E-state index contributed by atoms with van der Waals surface area (Å²) in [5.41, 5.74) is 3.05. The van der Waals surface area contributed by atoms with Crippen molar-refractivity contribution in [2.75, 3.05) is 19.0 Å². The van der Waals surface area contributed by atoms with E-state index < -0.39 is 0 Å². The molecule has 0 aliphatic heterocycles. The van der Waals surface area contributed by atoms with Gasteiger partial charge in [-0.3, -0.25) is 4.79 Å². The van der Waals surface area contributed by atoms with Gasteiger partial charge in [0.15, 0.2) is 0 Å². The molecule has 0 aromatic heterocycles. The summed E-state index contributed by atoms with van der Waals surface area (Å²) in [5.74, 6) is 0.00790. The van der Waals surface area contributed by atoms with Crippen molar-refractivity contribution in [3.8, 4) is 0 Å². The van der Waals surface area contributed by atoms with Gasteiger partial charge in [0.05, 0.1) is 0 Å². The van der Waals surface area contributed by atoms with E-state index in [0.717, 1.165) is 23.2 Å². The Morgan fingerprint density at radius 1 is 1.28 bits per heavy atom. The first-order valence-corrected chi connectivity index (χ1v) is 6.25. The molecule has 0 atom stereocenters. The third-order valence-electron chi connectivity index (χ3n) is 2.77. The van der Waals surface area contributed by atoms with Gasteiger partial charge in [0.2, 0.25) is 5.91 Å². The van der Waals surface area contributed by atoms with Gasteiger partial charge in [-0.05, 0) is 31.0 Å². The van der Waals surface area contributed by atoms with E-state index in [1.165, 1.54) is 0 Å². The summed E-state index contributed by atoms with van der Waals surface area (Å²) in [4.78, 5) is 13.7. The van der Waals surface area contributed by atoms with Crippen LogP contribution in [0, 0.1) is 0 Å². The minimum Gasteiger partial charge on any atom is -0.378 e. The number of nitrogens with zero attached hydrogens (tertiary/aromatic N) is 1. The highest BCUT2D eigenvalue weighted by Gasteiger charge is 2.03. The summed E-state index contributed by atoms with van der Waals surface area (Å²) in [6.07, 6.45) is 2.82. The Morgan fingerprint density at radius 3 is 2.39 bits per heavy atom. The number of anilines is 1. The number of allylic oxidation sites excluding steroid dienone is 1. The highest BCUT2D eigenvalue weighted by molar-refractivity contribution is 5.92. The van der Waals surface area contributed by atoms with Crippen LogP contribution in [0.15, 0.2) is 35.9 Å². The molecular formula is C15H22N2O. The topological polar surface area (TPSA) is 32.3 Å². The zero-order chi connectivity index (χ0) is 13.5. The first-order valence-electron chi connectivity index (χ1n) is 6.25. The Balaban J connectivity index is 2.54. The van der Waals surface area contributed by atoms with E-state index in [4.69, 9.17) is 0 Å². The number of benzene rings is 1. The van der Waals surface area contributed by atoms with Crippen molar-refractivity contribution in [1.29, 1.82) is 0 Å². The van der Waals surface area contributed by atoms with Crippen molar-refractivity contribution in [2.24, 2.45) is 0 Å². The number of nitrogens with one attached hydrogen (secondary N) is 1. The highest BCUT2D eigenvalue weighted by atomic mass is 16.1. The van der Waals surface area contributed by atoms with E-state index in [-0.39, 0.29) is 5.91 Å². The van der Waals surface area contributed by atoms with E-state index in [1.807, 2.05) is 46.2 Å². The van der Waals surface area contributed by atoms with Crippen LogP contribution in [0.3, 0.4) is 0 Å². The van der Waals surface area contributed by atoms with Crippen LogP contribution in [0.4, 0.5) is 5.69 Å². The van der Waals surface area contributed by atoms with Crippen molar-refractivity contribution in [1.82, 2.24) is 5.32 Å². The van der Waals surface area contributed by atoms with E-state index >= 15 is 0 Å². The molecule has 0 saturated carbocycles. The molecule has 18 heavy (non-hydrogen) atoms. The van der Waals surface area contributed by atoms with E-state index in [2.05, 4.69) is 22.3 Å². The second-order valence-corrected chi connectivity index (χ2v) is 4.54. The number of carbonyl (C=O) groups excluding carboxylic acids is 1. The van der Waals surface area contributed by atoms with Crippen LogP contribution in [-0.4, -0.2) is 20.0 Å². The van der Waals surface area contributed by atoms with Crippen molar-refractivity contribution < 1.29 is 4.79 Å². The van der Waals surface area contributed by atoms with Gasteiger partial charge in [-0.15, -0.1) is 0 Å². The van der Waals surface area contributed by atoms with Crippen molar-refractivity contribution in [3.63, 3.8) is 0 Å². The van der Waals surface area contributed by atoms with Crippen LogP contribution in [-0.2, 0) is 11.3 Å². The van der Waals surface area contributed by atoms with E-state index in [0.29, 0.717) is 6.54 Å². The molecule has 0 spiro atoms. The Bertz CT molecular complexity index is 419. The van der Waals surface area contributed by atoms with Gasteiger partial charge >= 0.3 is 0 Å². The summed E-state index contributed by atoms with van der Waals surface area (Å²) >= 11 is 0. The average Bonchev–Trinajstić information content (AvgIpc) is 2.36. The Kier molecular flexibility index (Phi) is 5.43. The molecule has 0 fully saturated rings. The average molecular weight is 246 g/mol. The predicted octanol–water partition coefficient (Wildman–Crippen LogP) is 2.73. The van der Waals surface area contributed by atoms with Gasteiger partial charge in [-0.1, -0.05) is 25.1 Å². The fraction of sp³-hybridized carbons (Fsp3) is 0.400. The second kappa shape index (κ2) is 6.84. The zero-order valence-electron chi connectivity index (χ0n) is 11.7. The Morgan fingerprint density at radius 2 is 1.89 bits per heavy atom. The summed E-state index contributed by atoms with van der Waals surface area (Å²) < 4.78 is 0. The lowest BCUT2D eigenvalue weighted by Gasteiger charge is -2.13. The molecule has 0 aliphatic carbocycles. The van der Waals surface area contributed by atoms with Gasteiger partial charge in [0, 0.05) is 31.9 Å². The summed E-state index contributed by atoms with van der Waals surface area (Å²) in [7, 11) is 4.02. The minimum atomic E-state index is 0.00790. The van der Waals surface area contributed by atoms with Crippen LogP contribution in [0.1, 0.15) is 25.8 Å². The maximum Gasteiger partial charge on any atom is 0.246 e. The molecule has 0 heterocycles. The van der Waals surface area contributed by atoms with Crippen molar-refractivity contribution in [3.05, 3.63) is 41.5 Å². The molecule has 0 unspecified atom stereocenters. The third kappa shape index (κ3) is 4.24. The van der Waals surface area contributed by atoms with Crippen LogP contribution in [0.5, 0.6) is 0 Å². The third-order valence-corrected chi connectivity index (χ3v) is 2.77. The first kappa shape index (κ1) is 14.3. The lowest BCUT2D eigenvalue weighted by atomic mass is 10.2. The van der Waals surface area contributed by atoms with Crippen LogP contribution >= 0.6 is 0 Å². The molecule has 1 amide bonds. The zero-order valence-corrected chi connectivity index (χ0v) is 11.7. The van der Waals surface area contributed by atoms with Crippen LogP contribution in [0.2, 0.25) is 0 Å². The Labute approximate surface area is 109 Å². The number of hydrogen-bond acceptors (Lipinski definition) is 2. The van der Waals surface area contributed by atoms with Crippen LogP contribution < -0.4 is 10.2 Å². The molecule has 1 N–H and O–H groups in total. The van der Waals surface area contributed by atoms with E-state index in [9.17, 15) is 4.79 Å². The summed E-state index contributed by atoms with van der Waals surface area (Å²) in [6.45, 7) is 4.44. The molecular weight excluding hydrogens is 224 g/mol. The highest BCUT2D eigenvalue weighted by Crippen LogP contribution is 2.12. The van der Waals surface area contributed by atoms with Gasteiger partial charge in [0.25, 0.3) is 0 Å². The van der Waals surface area contributed by atoms with Crippen LogP contribution in [0.25, 0.3) is 0 Å². The maximum atomic E-state index is 11.7. The molecule has 3 heteroatoms. The predicted molar refractivity (Wildman–Crippen MR) is 76.7 cm³/mol. The van der Waals surface area contributed by atoms with Crippen molar-refractivity contribution >= 4 is 11.6 Å². The monoisotopic (exact) mass is 246 g/mol. The fourth-order valence-corrected chi connectivity index (χ4v) is 1.63. The second-order valence-electron chi connectivity index (χ2n) is 4.54. The molecule has 1 aromatic carbocycles. The number of carbonyl (C=O) groups is 1. The number of hydrogen-bond donors (Lipinski definition) is 1. The largest absolute Gasteiger partial charge is 0.378 e. The standard InChI is InChI=1S/C15H22N2O/c1-5-6-12(2)15(18)16-11-13-7-9-14(10-8-13)17(3)4/h6-10H,5,11H2,1-4H3,(H,16,18)/b12-6-. The minimum absolute atomic E-state index is 0.00790. The molecule has 3 nitrogen and oxygen atoms in total. The molecule has 1 rings (SSSR count). The molecule has 98 valence electrons. The van der Waals surface area contributed by atoms with Gasteiger partial charge in [-0.25, -0.2) is 0 Å². The molecule has 0 aliphatic rings. The van der Waals surface area contributed by atoms with Gasteiger partial charge in [-0.2, -0.15) is 0 Å². The smallest absolute Gasteiger partial charge is 0.246 e. The first-order chi connectivity index (χ1) is 8.54.